The number of para-hydroxylation sites is 1. The summed E-state index contributed by atoms with van der Waals surface area (Å²) in [4.78, 5) is 17.6. The maximum Gasteiger partial charge on any atom is 0.283 e. The monoisotopic (exact) mass is 301 g/mol. The van der Waals surface area contributed by atoms with Crippen LogP contribution < -0.4 is 5.56 Å². The first-order valence-corrected chi connectivity index (χ1v) is 8.38. The minimum atomic E-state index is -0.0657. The van der Waals surface area contributed by atoms with Gasteiger partial charge in [0.15, 0.2) is 0 Å². The smallest absolute Gasteiger partial charge is 0.267 e. The van der Waals surface area contributed by atoms with Crippen LogP contribution in [0, 0.1) is 0 Å². The van der Waals surface area contributed by atoms with E-state index >= 15 is 0 Å². The van der Waals surface area contributed by atoms with Gasteiger partial charge in [-0.1, -0.05) is 56.1 Å². The van der Waals surface area contributed by atoms with Crippen molar-refractivity contribution in [3.63, 3.8) is 0 Å². The molecule has 0 aliphatic heterocycles. The van der Waals surface area contributed by atoms with E-state index in [4.69, 9.17) is 0 Å². The molecule has 1 aromatic carbocycles. The third-order valence-corrected chi connectivity index (χ3v) is 4.61. The van der Waals surface area contributed by atoms with Crippen LogP contribution >= 0.6 is 11.3 Å². The number of aromatic nitrogens is 3. The molecular formula is C16H19N3OS. The molecule has 21 heavy (non-hydrogen) atoms. The average molecular weight is 301 g/mol. The molecule has 2 aromatic heterocycles. The van der Waals surface area contributed by atoms with E-state index in [1.54, 1.807) is 6.07 Å². The fourth-order valence-electron chi connectivity index (χ4n) is 2.48. The fourth-order valence-corrected chi connectivity index (χ4v) is 3.41. The molecule has 0 unspecified atom stereocenters. The molecule has 4 nitrogen and oxygen atoms in total. The normalized spacial score (nSPS) is 11.5. The maximum absolute atomic E-state index is 12.4. The number of fused-ring (bicyclic) bond motifs is 2. The number of hydrogen-bond acceptors (Lipinski definition) is 4. The number of unbranched alkanes of at least 4 members (excludes halogenated alkanes) is 4. The van der Waals surface area contributed by atoms with Gasteiger partial charge in [-0.2, -0.15) is 9.61 Å². The van der Waals surface area contributed by atoms with Gasteiger partial charge in [0.05, 0.1) is 10.9 Å². The van der Waals surface area contributed by atoms with Crippen molar-refractivity contribution in [1.29, 1.82) is 0 Å². The predicted molar refractivity (Wildman–Crippen MR) is 87.1 cm³/mol. The summed E-state index contributed by atoms with van der Waals surface area (Å²) < 4.78 is 1.45. The average Bonchev–Trinajstić information content (AvgIpc) is 2.90. The molecule has 0 bridgehead atoms. The van der Waals surface area contributed by atoms with Crippen molar-refractivity contribution in [1.82, 2.24) is 14.6 Å². The number of aryl methyl sites for hydroxylation is 1. The van der Waals surface area contributed by atoms with E-state index in [1.807, 2.05) is 18.2 Å². The maximum atomic E-state index is 12.4. The molecule has 110 valence electrons. The zero-order valence-electron chi connectivity index (χ0n) is 12.2. The zero-order chi connectivity index (χ0) is 14.7. The SMILES string of the molecule is CCCCCCCc1nn2c(=O)c3ccccc3nc2s1. The Morgan fingerprint density at radius 2 is 1.95 bits per heavy atom. The van der Waals surface area contributed by atoms with Crippen molar-refractivity contribution in [3.8, 4) is 0 Å². The molecule has 0 fully saturated rings. The van der Waals surface area contributed by atoms with Crippen molar-refractivity contribution in [3.05, 3.63) is 39.6 Å². The standard InChI is InChI=1S/C16H19N3OS/c1-2-3-4-5-6-11-14-18-19-15(20)12-9-7-8-10-13(12)17-16(19)21-14/h7-10H,2-6,11H2,1H3. The summed E-state index contributed by atoms with van der Waals surface area (Å²) in [5, 5.41) is 6.08. The molecule has 0 aliphatic rings. The Morgan fingerprint density at radius 1 is 1.14 bits per heavy atom. The highest BCUT2D eigenvalue weighted by atomic mass is 32.1. The molecule has 0 saturated heterocycles. The third kappa shape index (κ3) is 2.97. The Labute approximate surface area is 127 Å². The topological polar surface area (TPSA) is 47.3 Å². The van der Waals surface area contributed by atoms with Crippen LogP contribution in [0.4, 0.5) is 0 Å². The van der Waals surface area contributed by atoms with Gasteiger partial charge in [-0.15, -0.1) is 0 Å². The summed E-state index contributed by atoms with van der Waals surface area (Å²) in [5.74, 6) is 0. The first kappa shape index (κ1) is 14.2. The molecule has 0 spiro atoms. The second kappa shape index (κ2) is 6.35. The summed E-state index contributed by atoms with van der Waals surface area (Å²) in [7, 11) is 0. The molecule has 0 atom stereocenters. The molecule has 3 aromatic rings. The quantitative estimate of drug-likeness (QED) is 0.650. The highest BCUT2D eigenvalue weighted by molar-refractivity contribution is 7.16. The molecule has 0 N–H and O–H groups in total. The van der Waals surface area contributed by atoms with Crippen LogP contribution in [0.5, 0.6) is 0 Å². The molecule has 0 aliphatic carbocycles. The van der Waals surface area contributed by atoms with Crippen molar-refractivity contribution < 1.29 is 0 Å². The van der Waals surface area contributed by atoms with E-state index in [9.17, 15) is 4.79 Å². The van der Waals surface area contributed by atoms with Crippen LogP contribution in [0.3, 0.4) is 0 Å². The lowest BCUT2D eigenvalue weighted by atomic mass is 10.1. The zero-order valence-corrected chi connectivity index (χ0v) is 13.0. The predicted octanol–water partition coefficient (Wildman–Crippen LogP) is 3.82. The number of nitrogens with zero attached hydrogens (tertiary/aromatic N) is 3. The number of benzene rings is 1. The fraction of sp³-hybridized carbons (Fsp3) is 0.438. The molecule has 3 rings (SSSR count). The van der Waals surface area contributed by atoms with Crippen LogP contribution in [-0.2, 0) is 6.42 Å². The minimum Gasteiger partial charge on any atom is -0.267 e. The number of rotatable bonds is 6. The van der Waals surface area contributed by atoms with Crippen molar-refractivity contribution in [2.45, 2.75) is 45.4 Å². The highest BCUT2D eigenvalue weighted by Crippen LogP contribution is 2.17. The van der Waals surface area contributed by atoms with Gasteiger partial charge in [0.1, 0.15) is 5.01 Å². The second-order valence-electron chi connectivity index (χ2n) is 5.29. The van der Waals surface area contributed by atoms with Gasteiger partial charge in [-0.05, 0) is 18.6 Å². The van der Waals surface area contributed by atoms with Crippen LogP contribution in [0.25, 0.3) is 15.9 Å². The Kier molecular flexibility index (Phi) is 4.29. The minimum absolute atomic E-state index is 0.0657. The van der Waals surface area contributed by atoms with Crippen molar-refractivity contribution in [2.75, 3.05) is 0 Å². The van der Waals surface area contributed by atoms with Gasteiger partial charge in [-0.25, -0.2) is 4.98 Å². The van der Waals surface area contributed by atoms with Crippen LogP contribution in [0.15, 0.2) is 29.1 Å². The first-order chi connectivity index (χ1) is 10.3. The lowest BCUT2D eigenvalue weighted by Gasteiger charge is -1.96. The Balaban J connectivity index is 1.84. The lowest BCUT2D eigenvalue weighted by molar-refractivity contribution is 0.628. The highest BCUT2D eigenvalue weighted by Gasteiger charge is 2.10. The van der Waals surface area contributed by atoms with Crippen LogP contribution in [0.1, 0.15) is 44.0 Å². The van der Waals surface area contributed by atoms with Gasteiger partial charge >= 0.3 is 0 Å². The van der Waals surface area contributed by atoms with E-state index in [2.05, 4.69) is 17.0 Å². The Morgan fingerprint density at radius 3 is 2.81 bits per heavy atom. The van der Waals surface area contributed by atoms with Gasteiger partial charge in [-0.3, -0.25) is 4.79 Å². The third-order valence-electron chi connectivity index (χ3n) is 3.64. The molecule has 0 saturated carbocycles. The van der Waals surface area contributed by atoms with Gasteiger partial charge < -0.3 is 0 Å². The Hall–Kier alpha value is -1.75. The summed E-state index contributed by atoms with van der Waals surface area (Å²) >= 11 is 1.53. The summed E-state index contributed by atoms with van der Waals surface area (Å²) in [5.41, 5.74) is 0.685. The van der Waals surface area contributed by atoms with Crippen LogP contribution in [0.2, 0.25) is 0 Å². The van der Waals surface area contributed by atoms with E-state index in [1.165, 1.54) is 41.5 Å². The van der Waals surface area contributed by atoms with E-state index < -0.39 is 0 Å². The van der Waals surface area contributed by atoms with E-state index in [0.29, 0.717) is 10.3 Å². The van der Waals surface area contributed by atoms with Gasteiger partial charge in [0, 0.05) is 6.42 Å². The second-order valence-corrected chi connectivity index (χ2v) is 6.33. The van der Waals surface area contributed by atoms with Gasteiger partial charge in [0.2, 0.25) is 4.96 Å². The molecule has 5 heteroatoms. The van der Waals surface area contributed by atoms with Crippen molar-refractivity contribution >= 4 is 27.2 Å². The van der Waals surface area contributed by atoms with E-state index in [0.717, 1.165) is 23.4 Å². The van der Waals surface area contributed by atoms with Crippen molar-refractivity contribution in [2.24, 2.45) is 0 Å². The first-order valence-electron chi connectivity index (χ1n) is 7.57. The molecular weight excluding hydrogens is 282 g/mol. The Bertz CT molecular complexity index is 806. The van der Waals surface area contributed by atoms with E-state index in [-0.39, 0.29) is 5.56 Å². The summed E-state index contributed by atoms with van der Waals surface area (Å²) in [6, 6.07) is 7.45. The molecule has 0 amide bonds. The summed E-state index contributed by atoms with van der Waals surface area (Å²) in [6.07, 6.45) is 7.14. The van der Waals surface area contributed by atoms with Crippen LogP contribution in [-0.4, -0.2) is 14.6 Å². The summed E-state index contributed by atoms with van der Waals surface area (Å²) in [6.45, 7) is 2.22. The number of hydrogen-bond donors (Lipinski definition) is 0. The van der Waals surface area contributed by atoms with Gasteiger partial charge in [0.25, 0.3) is 5.56 Å². The largest absolute Gasteiger partial charge is 0.283 e. The lowest BCUT2D eigenvalue weighted by Crippen LogP contribution is -2.15. The molecule has 2 heterocycles. The molecule has 0 radical (unpaired) electrons.